The van der Waals surface area contributed by atoms with Crippen LogP contribution < -0.4 is 10.5 Å². The first-order chi connectivity index (χ1) is 10.8. The van der Waals surface area contributed by atoms with E-state index in [0.29, 0.717) is 0 Å². The van der Waals surface area contributed by atoms with Crippen LogP contribution in [-0.2, 0) is 6.42 Å². The number of nitrogens with two attached hydrogens (primary N) is 1. The monoisotopic (exact) mass is 301 g/mol. The lowest BCUT2D eigenvalue weighted by atomic mass is 9.83. The maximum atomic E-state index is 6.22. The SMILES string of the molecule is CCC(N)Cc1cc(C2CCCCC2)ccc1OCC1CC1. The van der Waals surface area contributed by atoms with Crippen LogP contribution in [0.4, 0.5) is 0 Å². The van der Waals surface area contributed by atoms with E-state index in [1.807, 2.05) is 0 Å². The fourth-order valence-corrected chi connectivity index (χ4v) is 3.51. The molecule has 1 aromatic carbocycles. The van der Waals surface area contributed by atoms with Gasteiger partial charge in [-0.1, -0.05) is 38.3 Å². The Morgan fingerprint density at radius 2 is 1.91 bits per heavy atom. The van der Waals surface area contributed by atoms with Crippen LogP contribution in [0.3, 0.4) is 0 Å². The molecule has 2 nitrogen and oxygen atoms in total. The molecule has 0 aliphatic heterocycles. The molecule has 2 heteroatoms. The molecule has 2 aliphatic carbocycles. The third-order valence-corrected chi connectivity index (χ3v) is 5.34. The molecule has 0 saturated heterocycles. The Morgan fingerprint density at radius 3 is 2.59 bits per heavy atom. The summed E-state index contributed by atoms with van der Waals surface area (Å²) in [5.74, 6) is 2.63. The van der Waals surface area contributed by atoms with Crippen molar-refractivity contribution in [2.75, 3.05) is 6.61 Å². The van der Waals surface area contributed by atoms with E-state index in [2.05, 4.69) is 25.1 Å². The van der Waals surface area contributed by atoms with Crippen molar-refractivity contribution in [2.45, 2.75) is 76.7 Å². The van der Waals surface area contributed by atoms with Gasteiger partial charge in [-0.25, -0.2) is 0 Å². The normalized spacial score (nSPS) is 20.8. The van der Waals surface area contributed by atoms with Gasteiger partial charge in [-0.05, 0) is 67.6 Å². The summed E-state index contributed by atoms with van der Waals surface area (Å²) in [4.78, 5) is 0. The second-order valence-corrected chi connectivity index (χ2v) is 7.33. The van der Waals surface area contributed by atoms with Gasteiger partial charge in [0.05, 0.1) is 6.61 Å². The standard InChI is InChI=1S/C20H31NO/c1-2-19(21)13-18-12-17(16-6-4-3-5-7-16)10-11-20(18)22-14-15-8-9-15/h10-12,15-16,19H,2-9,13-14,21H2,1H3. The van der Waals surface area contributed by atoms with E-state index >= 15 is 0 Å². The summed E-state index contributed by atoms with van der Waals surface area (Å²) < 4.78 is 6.09. The highest BCUT2D eigenvalue weighted by atomic mass is 16.5. The molecule has 0 radical (unpaired) electrons. The quantitative estimate of drug-likeness (QED) is 0.785. The predicted octanol–water partition coefficient (Wildman–Crippen LogP) is 4.80. The minimum Gasteiger partial charge on any atom is -0.493 e. The highest BCUT2D eigenvalue weighted by molar-refractivity contribution is 5.39. The van der Waals surface area contributed by atoms with E-state index in [9.17, 15) is 0 Å². The molecule has 0 aromatic heterocycles. The molecule has 2 saturated carbocycles. The van der Waals surface area contributed by atoms with E-state index in [1.54, 1.807) is 0 Å². The van der Waals surface area contributed by atoms with Crippen LogP contribution in [0.25, 0.3) is 0 Å². The fraction of sp³-hybridized carbons (Fsp3) is 0.700. The summed E-state index contributed by atoms with van der Waals surface area (Å²) in [6.07, 6.45) is 11.5. The largest absolute Gasteiger partial charge is 0.493 e. The zero-order valence-corrected chi connectivity index (χ0v) is 14.0. The van der Waals surface area contributed by atoms with Crippen LogP contribution in [0.5, 0.6) is 5.75 Å². The van der Waals surface area contributed by atoms with Gasteiger partial charge in [0, 0.05) is 6.04 Å². The van der Waals surface area contributed by atoms with Crippen molar-refractivity contribution in [1.29, 1.82) is 0 Å². The first kappa shape index (κ1) is 15.9. The summed E-state index contributed by atoms with van der Waals surface area (Å²) in [7, 11) is 0. The summed E-state index contributed by atoms with van der Waals surface area (Å²) in [5, 5.41) is 0. The average molecular weight is 301 g/mol. The number of ether oxygens (including phenoxy) is 1. The number of rotatable bonds is 7. The van der Waals surface area contributed by atoms with Gasteiger partial charge in [0.25, 0.3) is 0 Å². The second-order valence-electron chi connectivity index (χ2n) is 7.33. The van der Waals surface area contributed by atoms with Crippen LogP contribution in [0.1, 0.15) is 75.3 Å². The lowest BCUT2D eigenvalue weighted by molar-refractivity contribution is 0.296. The molecule has 2 fully saturated rings. The van der Waals surface area contributed by atoms with Gasteiger partial charge in [0.1, 0.15) is 5.75 Å². The molecule has 0 amide bonds. The Bertz CT molecular complexity index is 475. The fourth-order valence-electron chi connectivity index (χ4n) is 3.51. The van der Waals surface area contributed by atoms with Gasteiger partial charge in [-0.3, -0.25) is 0 Å². The van der Waals surface area contributed by atoms with Crippen molar-refractivity contribution < 1.29 is 4.74 Å². The third-order valence-electron chi connectivity index (χ3n) is 5.34. The summed E-state index contributed by atoms with van der Waals surface area (Å²) in [6, 6.07) is 7.15. The van der Waals surface area contributed by atoms with Crippen molar-refractivity contribution in [3.8, 4) is 5.75 Å². The minimum absolute atomic E-state index is 0.241. The lowest BCUT2D eigenvalue weighted by Gasteiger charge is -2.24. The number of benzene rings is 1. The Labute approximate surface area is 135 Å². The maximum Gasteiger partial charge on any atom is 0.122 e. The molecule has 2 aliphatic rings. The van der Waals surface area contributed by atoms with Gasteiger partial charge in [0.15, 0.2) is 0 Å². The van der Waals surface area contributed by atoms with E-state index in [-0.39, 0.29) is 6.04 Å². The summed E-state index contributed by atoms with van der Waals surface area (Å²) in [5.41, 5.74) is 9.06. The van der Waals surface area contributed by atoms with Crippen molar-refractivity contribution in [1.82, 2.24) is 0 Å². The molecule has 1 aromatic rings. The molecule has 1 unspecified atom stereocenters. The zero-order valence-electron chi connectivity index (χ0n) is 14.0. The van der Waals surface area contributed by atoms with E-state index < -0.39 is 0 Å². The summed E-state index contributed by atoms with van der Waals surface area (Å²) >= 11 is 0. The van der Waals surface area contributed by atoms with Gasteiger partial charge >= 0.3 is 0 Å². The average Bonchev–Trinajstić information content (AvgIpc) is 3.38. The molecule has 3 rings (SSSR count). The topological polar surface area (TPSA) is 35.2 Å². The molecule has 0 heterocycles. The molecular formula is C20H31NO. The van der Waals surface area contributed by atoms with Crippen LogP contribution in [-0.4, -0.2) is 12.6 Å². The Morgan fingerprint density at radius 1 is 1.14 bits per heavy atom. The second kappa shape index (κ2) is 7.50. The highest BCUT2D eigenvalue weighted by Gasteiger charge is 2.23. The Kier molecular flexibility index (Phi) is 5.41. The van der Waals surface area contributed by atoms with Crippen molar-refractivity contribution in [3.05, 3.63) is 29.3 Å². The molecule has 122 valence electrons. The molecular weight excluding hydrogens is 270 g/mol. The molecule has 0 spiro atoms. The van der Waals surface area contributed by atoms with Gasteiger partial charge in [0.2, 0.25) is 0 Å². The van der Waals surface area contributed by atoms with Crippen LogP contribution in [0, 0.1) is 5.92 Å². The van der Waals surface area contributed by atoms with E-state index in [4.69, 9.17) is 10.5 Å². The molecule has 2 N–H and O–H groups in total. The minimum atomic E-state index is 0.241. The van der Waals surface area contributed by atoms with Gasteiger partial charge in [-0.2, -0.15) is 0 Å². The Balaban J connectivity index is 1.75. The van der Waals surface area contributed by atoms with E-state index in [1.165, 1.54) is 56.1 Å². The number of hydrogen-bond acceptors (Lipinski definition) is 2. The smallest absolute Gasteiger partial charge is 0.122 e. The van der Waals surface area contributed by atoms with Crippen molar-refractivity contribution in [3.63, 3.8) is 0 Å². The van der Waals surface area contributed by atoms with Crippen molar-refractivity contribution in [2.24, 2.45) is 11.7 Å². The van der Waals surface area contributed by atoms with Crippen LogP contribution in [0.15, 0.2) is 18.2 Å². The third kappa shape index (κ3) is 4.25. The first-order valence-electron chi connectivity index (χ1n) is 9.27. The predicted molar refractivity (Wildman–Crippen MR) is 92.5 cm³/mol. The van der Waals surface area contributed by atoms with E-state index in [0.717, 1.165) is 37.0 Å². The van der Waals surface area contributed by atoms with Crippen molar-refractivity contribution >= 4 is 0 Å². The Hall–Kier alpha value is -1.02. The highest BCUT2D eigenvalue weighted by Crippen LogP contribution is 2.36. The number of hydrogen-bond donors (Lipinski definition) is 1. The van der Waals surface area contributed by atoms with Gasteiger partial charge < -0.3 is 10.5 Å². The molecule has 0 bridgehead atoms. The maximum absolute atomic E-state index is 6.22. The zero-order chi connectivity index (χ0) is 15.4. The first-order valence-corrected chi connectivity index (χ1v) is 9.27. The van der Waals surface area contributed by atoms with Crippen LogP contribution >= 0.6 is 0 Å². The molecule has 1 atom stereocenters. The lowest BCUT2D eigenvalue weighted by Crippen LogP contribution is -2.22. The van der Waals surface area contributed by atoms with Gasteiger partial charge in [-0.15, -0.1) is 0 Å². The van der Waals surface area contributed by atoms with Crippen LogP contribution in [0.2, 0.25) is 0 Å². The molecule has 22 heavy (non-hydrogen) atoms. The summed E-state index contributed by atoms with van der Waals surface area (Å²) in [6.45, 7) is 3.05.